The molecule has 18 heavy (non-hydrogen) atoms. The molecule has 2 aromatic rings. The van der Waals surface area contributed by atoms with Crippen LogP contribution in [-0.4, -0.2) is 22.4 Å². The molecule has 0 aromatic carbocycles. The van der Waals surface area contributed by atoms with Crippen LogP contribution in [-0.2, 0) is 11.2 Å². The second-order valence-electron chi connectivity index (χ2n) is 3.64. The Labute approximate surface area is 109 Å². The second-order valence-corrected chi connectivity index (χ2v) is 4.62. The Balaban J connectivity index is 1.72. The molecule has 0 atom stereocenters. The van der Waals surface area contributed by atoms with Crippen molar-refractivity contribution in [1.82, 2.24) is 15.3 Å². The minimum absolute atomic E-state index is 0.0831. The van der Waals surface area contributed by atoms with Crippen molar-refractivity contribution in [1.29, 1.82) is 0 Å². The molecule has 4 nitrogen and oxygen atoms in total. The summed E-state index contributed by atoms with van der Waals surface area (Å²) in [6, 6.07) is 3.92. The van der Waals surface area contributed by atoms with Crippen LogP contribution in [0.3, 0.4) is 0 Å². The predicted octanol–water partition coefficient (Wildman–Crippen LogP) is 1.91. The highest BCUT2D eigenvalue weighted by atomic mass is 32.1. The molecule has 1 N–H and O–H groups in total. The van der Waals surface area contributed by atoms with E-state index in [0.29, 0.717) is 6.54 Å². The number of nitrogens with zero attached hydrogens (tertiary/aromatic N) is 2. The van der Waals surface area contributed by atoms with Gasteiger partial charge in [0.15, 0.2) is 0 Å². The van der Waals surface area contributed by atoms with E-state index in [0.717, 1.165) is 16.9 Å². The molecule has 0 spiro atoms. The van der Waals surface area contributed by atoms with Crippen LogP contribution in [0.5, 0.6) is 0 Å². The fraction of sp³-hybridized carbons (Fsp3) is 0.154. The summed E-state index contributed by atoms with van der Waals surface area (Å²) in [7, 11) is 0. The number of hydrogen-bond acceptors (Lipinski definition) is 4. The van der Waals surface area contributed by atoms with Gasteiger partial charge in [-0.2, -0.15) is 0 Å². The van der Waals surface area contributed by atoms with Gasteiger partial charge < -0.3 is 5.32 Å². The highest BCUT2D eigenvalue weighted by molar-refractivity contribution is 7.10. The Morgan fingerprint density at radius 2 is 2.22 bits per heavy atom. The molecule has 0 bridgehead atoms. The molecule has 0 fully saturated rings. The van der Waals surface area contributed by atoms with E-state index >= 15 is 0 Å². The minimum Gasteiger partial charge on any atom is -0.352 e. The third-order valence-electron chi connectivity index (χ3n) is 2.27. The van der Waals surface area contributed by atoms with E-state index in [-0.39, 0.29) is 5.91 Å². The van der Waals surface area contributed by atoms with E-state index in [1.165, 1.54) is 6.33 Å². The summed E-state index contributed by atoms with van der Waals surface area (Å²) >= 11 is 1.60. The van der Waals surface area contributed by atoms with Crippen LogP contribution in [0.25, 0.3) is 6.08 Å². The van der Waals surface area contributed by atoms with Crippen molar-refractivity contribution in [3.8, 4) is 0 Å². The van der Waals surface area contributed by atoms with Crippen molar-refractivity contribution in [2.45, 2.75) is 6.42 Å². The van der Waals surface area contributed by atoms with E-state index in [9.17, 15) is 4.79 Å². The maximum absolute atomic E-state index is 11.5. The summed E-state index contributed by atoms with van der Waals surface area (Å²) < 4.78 is 0. The van der Waals surface area contributed by atoms with Crippen LogP contribution >= 0.6 is 11.3 Å². The summed E-state index contributed by atoms with van der Waals surface area (Å²) in [6.07, 6.45) is 9.09. The van der Waals surface area contributed by atoms with Crippen molar-refractivity contribution in [3.05, 3.63) is 52.8 Å². The summed E-state index contributed by atoms with van der Waals surface area (Å²) in [4.78, 5) is 20.4. The Hall–Kier alpha value is -2.01. The molecule has 2 aromatic heterocycles. The molecule has 0 radical (unpaired) electrons. The number of nitrogens with one attached hydrogen (secondary N) is 1. The number of hydrogen-bond donors (Lipinski definition) is 1. The van der Waals surface area contributed by atoms with Gasteiger partial charge in [-0.15, -0.1) is 11.3 Å². The van der Waals surface area contributed by atoms with Gasteiger partial charge in [0, 0.05) is 29.9 Å². The van der Waals surface area contributed by atoms with E-state index in [4.69, 9.17) is 0 Å². The average molecular weight is 259 g/mol. The molecule has 0 aliphatic carbocycles. The predicted molar refractivity (Wildman–Crippen MR) is 72.1 cm³/mol. The third kappa shape index (κ3) is 4.10. The van der Waals surface area contributed by atoms with Crippen LogP contribution in [0.4, 0.5) is 0 Å². The maximum atomic E-state index is 11.5. The standard InChI is InChI=1S/C13H13N3OS/c17-13(4-3-12-2-1-7-18-12)16-6-5-11-8-14-10-15-9-11/h1-4,7-10H,5-6H2,(H,16,17)/b4-3+. The van der Waals surface area contributed by atoms with Gasteiger partial charge in [0.2, 0.25) is 5.91 Å². The molecular weight excluding hydrogens is 246 g/mol. The van der Waals surface area contributed by atoms with Crippen molar-refractivity contribution in [2.24, 2.45) is 0 Å². The molecular formula is C13H13N3OS. The quantitative estimate of drug-likeness (QED) is 0.834. The van der Waals surface area contributed by atoms with E-state index < -0.39 is 0 Å². The number of aromatic nitrogens is 2. The Kier molecular flexibility index (Phi) is 4.60. The molecule has 5 heteroatoms. The van der Waals surface area contributed by atoms with Gasteiger partial charge in [-0.3, -0.25) is 4.79 Å². The zero-order chi connectivity index (χ0) is 12.6. The number of rotatable bonds is 5. The van der Waals surface area contributed by atoms with Crippen molar-refractivity contribution >= 4 is 23.3 Å². The van der Waals surface area contributed by atoms with Gasteiger partial charge in [-0.05, 0) is 29.5 Å². The topological polar surface area (TPSA) is 54.9 Å². The van der Waals surface area contributed by atoms with E-state index in [2.05, 4.69) is 15.3 Å². The summed E-state index contributed by atoms with van der Waals surface area (Å²) in [5.41, 5.74) is 1.01. The van der Waals surface area contributed by atoms with Gasteiger partial charge in [0.05, 0.1) is 0 Å². The summed E-state index contributed by atoms with van der Waals surface area (Å²) in [5, 5.41) is 4.80. The molecule has 0 saturated carbocycles. The molecule has 0 aliphatic rings. The molecule has 2 heterocycles. The van der Waals surface area contributed by atoms with Gasteiger partial charge >= 0.3 is 0 Å². The van der Waals surface area contributed by atoms with Gasteiger partial charge in [0.1, 0.15) is 6.33 Å². The lowest BCUT2D eigenvalue weighted by molar-refractivity contribution is -0.116. The number of carbonyl (C=O) groups is 1. The Morgan fingerprint density at radius 3 is 2.94 bits per heavy atom. The zero-order valence-corrected chi connectivity index (χ0v) is 10.6. The van der Waals surface area contributed by atoms with Crippen molar-refractivity contribution in [3.63, 3.8) is 0 Å². The fourth-order valence-electron chi connectivity index (χ4n) is 1.39. The van der Waals surface area contributed by atoms with Crippen molar-refractivity contribution < 1.29 is 4.79 Å². The van der Waals surface area contributed by atoms with Gasteiger partial charge in [0.25, 0.3) is 0 Å². The monoisotopic (exact) mass is 259 g/mol. The molecule has 2 rings (SSSR count). The van der Waals surface area contributed by atoms with E-state index in [1.807, 2.05) is 23.6 Å². The normalized spacial score (nSPS) is 10.7. The highest BCUT2D eigenvalue weighted by Gasteiger charge is 1.97. The minimum atomic E-state index is -0.0831. The summed E-state index contributed by atoms with van der Waals surface area (Å²) in [6.45, 7) is 0.584. The van der Waals surface area contributed by atoms with Crippen LogP contribution in [0.2, 0.25) is 0 Å². The highest BCUT2D eigenvalue weighted by Crippen LogP contribution is 2.09. The Morgan fingerprint density at radius 1 is 1.39 bits per heavy atom. The maximum Gasteiger partial charge on any atom is 0.244 e. The largest absolute Gasteiger partial charge is 0.352 e. The third-order valence-corrected chi connectivity index (χ3v) is 3.11. The number of amides is 1. The van der Waals surface area contributed by atoms with Gasteiger partial charge in [-0.25, -0.2) is 9.97 Å². The first-order chi connectivity index (χ1) is 8.84. The Bertz CT molecular complexity index is 508. The van der Waals surface area contributed by atoms with Crippen molar-refractivity contribution in [2.75, 3.05) is 6.54 Å². The van der Waals surface area contributed by atoms with E-state index in [1.54, 1.807) is 29.8 Å². The molecule has 1 amide bonds. The lowest BCUT2D eigenvalue weighted by Crippen LogP contribution is -2.23. The lowest BCUT2D eigenvalue weighted by atomic mass is 10.2. The van der Waals surface area contributed by atoms with Gasteiger partial charge in [-0.1, -0.05) is 6.07 Å². The molecule has 0 aliphatic heterocycles. The molecule has 0 saturated heterocycles. The first-order valence-electron chi connectivity index (χ1n) is 5.58. The van der Waals surface area contributed by atoms with Crippen LogP contribution in [0, 0.1) is 0 Å². The van der Waals surface area contributed by atoms with Crippen LogP contribution < -0.4 is 5.32 Å². The number of carbonyl (C=O) groups excluding carboxylic acids is 1. The first kappa shape index (κ1) is 12.4. The second kappa shape index (κ2) is 6.66. The van der Waals surface area contributed by atoms with Crippen LogP contribution in [0.15, 0.2) is 42.3 Å². The first-order valence-corrected chi connectivity index (χ1v) is 6.46. The smallest absolute Gasteiger partial charge is 0.244 e. The lowest BCUT2D eigenvalue weighted by Gasteiger charge is -2.01. The number of thiophene rings is 1. The zero-order valence-electron chi connectivity index (χ0n) is 9.74. The average Bonchev–Trinajstić information content (AvgIpc) is 2.91. The van der Waals surface area contributed by atoms with Crippen LogP contribution in [0.1, 0.15) is 10.4 Å². The fourth-order valence-corrected chi connectivity index (χ4v) is 2.01. The summed E-state index contributed by atoms with van der Waals surface area (Å²) in [5.74, 6) is -0.0831. The molecule has 0 unspecified atom stereocenters. The SMILES string of the molecule is O=C(/C=C/c1cccs1)NCCc1cncnc1. The molecule has 92 valence electrons.